The van der Waals surface area contributed by atoms with E-state index in [0.717, 1.165) is 17.0 Å². The molecule has 0 heterocycles. The first-order valence-electron chi connectivity index (χ1n) is 11.3. The minimum absolute atomic E-state index is 0.305. The van der Waals surface area contributed by atoms with Gasteiger partial charge >= 0.3 is 0 Å². The van der Waals surface area contributed by atoms with E-state index in [1.165, 1.54) is 56.9 Å². The monoisotopic (exact) mass is 394 g/mol. The van der Waals surface area contributed by atoms with Gasteiger partial charge in [0.2, 0.25) is 0 Å². The van der Waals surface area contributed by atoms with Crippen molar-refractivity contribution in [1.82, 2.24) is 0 Å². The average molecular weight is 395 g/mol. The molecule has 0 N–H and O–H groups in total. The van der Waals surface area contributed by atoms with Crippen molar-refractivity contribution in [2.24, 2.45) is 5.92 Å². The molecule has 156 valence electrons. The third-order valence-electron chi connectivity index (χ3n) is 6.28. The normalized spacial score (nSPS) is 19.6. The molecule has 0 spiro atoms. The lowest BCUT2D eigenvalue weighted by Gasteiger charge is -2.29. The summed E-state index contributed by atoms with van der Waals surface area (Å²) in [5, 5.41) is 0. The molecule has 1 nitrogen and oxygen atoms in total. The van der Waals surface area contributed by atoms with E-state index in [-0.39, 0.29) is 5.82 Å². The SMILES string of the molecule is C/C=C/COc1ccc(-c2ccc(C3CCC(CCCCC)CC3)cc2)cc1F. The summed E-state index contributed by atoms with van der Waals surface area (Å²) in [5.41, 5.74) is 3.39. The van der Waals surface area contributed by atoms with Crippen molar-refractivity contribution in [2.75, 3.05) is 6.61 Å². The number of ether oxygens (including phenoxy) is 1. The number of hydrogen-bond acceptors (Lipinski definition) is 1. The molecule has 1 aliphatic rings. The molecule has 2 aromatic carbocycles. The number of rotatable bonds is 9. The number of hydrogen-bond donors (Lipinski definition) is 0. The highest BCUT2D eigenvalue weighted by Crippen LogP contribution is 2.38. The first-order chi connectivity index (χ1) is 14.2. The second kappa shape index (κ2) is 11.2. The van der Waals surface area contributed by atoms with Gasteiger partial charge in [-0.1, -0.05) is 75.1 Å². The third-order valence-corrected chi connectivity index (χ3v) is 6.28. The van der Waals surface area contributed by atoms with Crippen LogP contribution in [0.1, 0.15) is 76.7 Å². The van der Waals surface area contributed by atoms with Crippen molar-refractivity contribution < 1.29 is 9.13 Å². The fourth-order valence-corrected chi connectivity index (χ4v) is 4.45. The van der Waals surface area contributed by atoms with Crippen LogP contribution in [0.3, 0.4) is 0 Å². The molecule has 2 aromatic rings. The molecule has 0 aromatic heterocycles. The molecule has 2 heteroatoms. The van der Waals surface area contributed by atoms with Crippen LogP contribution in [-0.4, -0.2) is 6.61 Å². The molecule has 1 saturated carbocycles. The predicted molar refractivity (Wildman–Crippen MR) is 121 cm³/mol. The van der Waals surface area contributed by atoms with Crippen molar-refractivity contribution in [3.05, 3.63) is 66.0 Å². The molecule has 1 fully saturated rings. The lowest BCUT2D eigenvalue weighted by atomic mass is 9.77. The molecule has 0 saturated heterocycles. The highest BCUT2D eigenvalue weighted by molar-refractivity contribution is 5.64. The van der Waals surface area contributed by atoms with Gasteiger partial charge in [0.25, 0.3) is 0 Å². The Labute approximate surface area is 176 Å². The Hall–Kier alpha value is -2.09. The summed E-state index contributed by atoms with van der Waals surface area (Å²) >= 11 is 0. The second-order valence-electron chi connectivity index (χ2n) is 8.36. The maximum Gasteiger partial charge on any atom is 0.165 e. The lowest BCUT2D eigenvalue weighted by Crippen LogP contribution is -2.13. The molecule has 0 bridgehead atoms. The molecule has 1 aliphatic carbocycles. The predicted octanol–water partition coefficient (Wildman–Crippen LogP) is 8.30. The van der Waals surface area contributed by atoms with Gasteiger partial charge in [0, 0.05) is 0 Å². The summed E-state index contributed by atoms with van der Waals surface area (Å²) in [5.74, 6) is 1.62. The van der Waals surface area contributed by atoms with Crippen molar-refractivity contribution in [3.63, 3.8) is 0 Å². The summed E-state index contributed by atoms with van der Waals surface area (Å²) in [4.78, 5) is 0. The van der Waals surface area contributed by atoms with E-state index in [9.17, 15) is 4.39 Å². The molecule has 29 heavy (non-hydrogen) atoms. The van der Waals surface area contributed by atoms with Crippen molar-refractivity contribution in [3.8, 4) is 16.9 Å². The van der Waals surface area contributed by atoms with Gasteiger partial charge in [0.15, 0.2) is 11.6 Å². The van der Waals surface area contributed by atoms with Gasteiger partial charge in [-0.3, -0.25) is 0 Å². The van der Waals surface area contributed by atoms with Crippen LogP contribution in [0.5, 0.6) is 5.75 Å². The highest BCUT2D eigenvalue weighted by Gasteiger charge is 2.22. The minimum Gasteiger partial charge on any atom is -0.486 e. The van der Waals surface area contributed by atoms with Crippen LogP contribution < -0.4 is 4.74 Å². The maximum atomic E-state index is 14.3. The summed E-state index contributed by atoms with van der Waals surface area (Å²) in [7, 11) is 0. The number of allylic oxidation sites excluding steroid dienone is 1. The third kappa shape index (κ3) is 6.19. The van der Waals surface area contributed by atoms with Crippen molar-refractivity contribution in [1.29, 1.82) is 0 Å². The van der Waals surface area contributed by atoms with E-state index in [1.807, 2.05) is 25.1 Å². The fourth-order valence-electron chi connectivity index (χ4n) is 4.45. The summed E-state index contributed by atoms with van der Waals surface area (Å²) in [6, 6.07) is 14.0. The Morgan fingerprint density at radius 3 is 2.34 bits per heavy atom. The van der Waals surface area contributed by atoms with Gasteiger partial charge in [-0.05, 0) is 73.3 Å². The highest BCUT2D eigenvalue weighted by atomic mass is 19.1. The largest absolute Gasteiger partial charge is 0.486 e. The quantitative estimate of drug-likeness (QED) is 0.307. The van der Waals surface area contributed by atoms with Crippen LogP contribution in [0, 0.1) is 11.7 Å². The van der Waals surface area contributed by atoms with Crippen molar-refractivity contribution >= 4 is 0 Å². The minimum atomic E-state index is -0.308. The molecule has 3 rings (SSSR count). The van der Waals surface area contributed by atoms with E-state index < -0.39 is 0 Å². The Morgan fingerprint density at radius 2 is 1.69 bits per heavy atom. The number of benzene rings is 2. The Kier molecular flexibility index (Phi) is 8.34. The summed E-state index contributed by atoms with van der Waals surface area (Å²) < 4.78 is 19.8. The summed E-state index contributed by atoms with van der Waals surface area (Å²) in [6.07, 6.45) is 14.6. The van der Waals surface area contributed by atoms with Gasteiger partial charge in [-0.15, -0.1) is 0 Å². The Bertz CT molecular complexity index is 770. The smallest absolute Gasteiger partial charge is 0.165 e. The first-order valence-corrected chi connectivity index (χ1v) is 11.3. The van der Waals surface area contributed by atoms with Crippen LogP contribution in [-0.2, 0) is 0 Å². The zero-order chi connectivity index (χ0) is 20.5. The molecule has 0 aliphatic heterocycles. The van der Waals surface area contributed by atoms with E-state index in [0.29, 0.717) is 18.3 Å². The van der Waals surface area contributed by atoms with Crippen LogP contribution in [0.4, 0.5) is 4.39 Å². The molecule has 0 radical (unpaired) electrons. The number of unbranched alkanes of at least 4 members (excludes halogenated alkanes) is 2. The van der Waals surface area contributed by atoms with E-state index in [1.54, 1.807) is 12.1 Å². The first kappa shape index (κ1) is 21.6. The number of halogens is 1. The van der Waals surface area contributed by atoms with E-state index >= 15 is 0 Å². The fraction of sp³-hybridized carbons (Fsp3) is 0.481. The molecular weight excluding hydrogens is 359 g/mol. The van der Waals surface area contributed by atoms with E-state index in [2.05, 4.69) is 31.2 Å². The van der Waals surface area contributed by atoms with Crippen LogP contribution in [0.15, 0.2) is 54.6 Å². The Balaban J connectivity index is 1.57. The van der Waals surface area contributed by atoms with Gasteiger partial charge in [0.05, 0.1) is 0 Å². The maximum absolute atomic E-state index is 14.3. The molecule has 0 atom stereocenters. The lowest BCUT2D eigenvalue weighted by molar-refractivity contribution is 0.303. The van der Waals surface area contributed by atoms with Crippen LogP contribution in [0.2, 0.25) is 0 Å². The standard InChI is InChI=1S/C27H35FO/c1-3-5-7-8-21-9-11-22(12-10-21)23-13-15-24(16-14-23)25-17-18-27(26(28)20-25)29-19-6-4-2/h4,6,13-18,20-22H,3,5,7-12,19H2,1-2H3/b6-4+. The topological polar surface area (TPSA) is 9.23 Å². The average Bonchev–Trinajstić information content (AvgIpc) is 2.76. The van der Waals surface area contributed by atoms with Gasteiger partial charge < -0.3 is 4.74 Å². The zero-order valence-electron chi connectivity index (χ0n) is 18.0. The Morgan fingerprint density at radius 1 is 0.966 bits per heavy atom. The van der Waals surface area contributed by atoms with Gasteiger partial charge in [0.1, 0.15) is 6.61 Å². The van der Waals surface area contributed by atoms with Crippen LogP contribution >= 0.6 is 0 Å². The van der Waals surface area contributed by atoms with Gasteiger partial charge in [-0.25, -0.2) is 4.39 Å². The molecule has 0 unspecified atom stereocenters. The summed E-state index contributed by atoms with van der Waals surface area (Å²) in [6.45, 7) is 4.59. The molecule has 0 amide bonds. The molecular formula is C27H35FO. The second-order valence-corrected chi connectivity index (χ2v) is 8.36. The van der Waals surface area contributed by atoms with E-state index in [4.69, 9.17) is 4.74 Å². The van der Waals surface area contributed by atoms with Crippen LogP contribution in [0.25, 0.3) is 11.1 Å². The van der Waals surface area contributed by atoms with Crippen molar-refractivity contribution in [2.45, 2.75) is 71.1 Å². The van der Waals surface area contributed by atoms with Gasteiger partial charge in [-0.2, -0.15) is 0 Å². The zero-order valence-corrected chi connectivity index (χ0v) is 18.0.